The zero-order valence-corrected chi connectivity index (χ0v) is 17.5. The molecule has 0 saturated carbocycles. The van der Waals surface area contributed by atoms with Gasteiger partial charge in [0.25, 0.3) is 0 Å². The molecule has 8 nitrogen and oxygen atoms in total. The lowest BCUT2D eigenvalue weighted by molar-refractivity contribution is -0.117. The fourth-order valence-corrected chi connectivity index (χ4v) is 3.64. The summed E-state index contributed by atoms with van der Waals surface area (Å²) in [4.78, 5) is 18.8. The number of nitrogens with zero attached hydrogens (tertiary/aromatic N) is 3. The van der Waals surface area contributed by atoms with E-state index in [1.165, 1.54) is 0 Å². The van der Waals surface area contributed by atoms with Crippen molar-refractivity contribution in [2.75, 3.05) is 32.8 Å². The Morgan fingerprint density at radius 2 is 1.77 bits per heavy atom. The van der Waals surface area contributed by atoms with E-state index >= 15 is 0 Å². The summed E-state index contributed by atoms with van der Waals surface area (Å²) in [7, 11) is 4.69. The van der Waals surface area contributed by atoms with Gasteiger partial charge in [0.2, 0.25) is 17.6 Å². The molecule has 156 valence electrons. The highest BCUT2D eigenvalue weighted by Gasteiger charge is 2.36. The number of methoxy groups -OCH3 is 3. The van der Waals surface area contributed by atoms with E-state index in [4.69, 9.17) is 30.3 Å². The van der Waals surface area contributed by atoms with Gasteiger partial charge in [0, 0.05) is 23.6 Å². The van der Waals surface area contributed by atoms with Crippen LogP contribution in [0.25, 0.3) is 11.4 Å². The highest BCUT2D eigenvalue weighted by atomic mass is 35.5. The highest BCUT2D eigenvalue weighted by Crippen LogP contribution is 2.38. The second kappa shape index (κ2) is 8.23. The number of hydrogen-bond acceptors (Lipinski definition) is 7. The Bertz CT molecular complexity index is 1080. The number of ether oxygens (including phenoxy) is 3. The second-order valence-electron chi connectivity index (χ2n) is 6.75. The molecule has 2 heterocycles. The van der Waals surface area contributed by atoms with Crippen LogP contribution >= 0.6 is 11.6 Å². The number of amides is 1. The van der Waals surface area contributed by atoms with Crippen molar-refractivity contribution in [2.24, 2.45) is 0 Å². The average molecular weight is 430 g/mol. The SMILES string of the molecule is COc1ccc(-c2noc([C@@H]3CC(=O)N(c4cc(Cl)ccc4OC)C3)n2)cc1OC. The Morgan fingerprint density at radius 3 is 2.50 bits per heavy atom. The highest BCUT2D eigenvalue weighted by molar-refractivity contribution is 6.31. The molecule has 1 amide bonds. The Labute approximate surface area is 178 Å². The van der Waals surface area contributed by atoms with Gasteiger partial charge in [-0.05, 0) is 36.4 Å². The van der Waals surface area contributed by atoms with E-state index in [-0.39, 0.29) is 18.2 Å². The predicted octanol–water partition coefficient (Wildman–Crippen LogP) is 3.94. The van der Waals surface area contributed by atoms with Gasteiger partial charge in [0.15, 0.2) is 11.5 Å². The molecule has 2 aromatic carbocycles. The quantitative estimate of drug-likeness (QED) is 0.586. The minimum absolute atomic E-state index is 0.0635. The van der Waals surface area contributed by atoms with Crippen LogP contribution in [0.2, 0.25) is 5.02 Å². The van der Waals surface area contributed by atoms with Crippen molar-refractivity contribution in [1.29, 1.82) is 0 Å². The minimum Gasteiger partial charge on any atom is -0.495 e. The van der Waals surface area contributed by atoms with Crippen LogP contribution in [-0.4, -0.2) is 43.9 Å². The summed E-state index contributed by atoms with van der Waals surface area (Å²) < 4.78 is 21.4. The summed E-state index contributed by atoms with van der Waals surface area (Å²) >= 11 is 6.12. The lowest BCUT2D eigenvalue weighted by Crippen LogP contribution is -2.24. The van der Waals surface area contributed by atoms with Crippen molar-refractivity contribution in [3.8, 4) is 28.6 Å². The zero-order valence-electron chi connectivity index (χ0n) is 16.7. The van der Waals surface area contributed by atoms with Crippen LogP contribution in [0.4, 0.5) is 5.69 Å². The molecular formula is C21H20ClN3O5. The largest absolute Gasteiger partial charge is 0.495 e. The van der Waals surface area contributed by atoms with Gasteiger partial charge < -0.3 is 23.6 Å². The minimum atomic E-state index is -0.234. The molecule has 0 unspecified atom stereocenters. The maximum atomic E-state index is 12.7. The smallest absolute Gasteiger partial charge is 0.232 e. The Balaban J connectivity index is 1.58. The molecule has 1 aliphatic heterocycles. The van der Waals surface area contributed by atoms with Crippen LogP contribution in [0, 0.1) is 0 Å². The van der Waals surface area contributed by atoms with Gasteiger partial charge in [0.1, 0.15) is 5.75 Å². The first-order valence-electron chi connectivity index (χ1n) is 9.24. The van der Waals surface area contributed by atoms with Gasteiger partial charge >= 0.3 is 0 Å². The third kappa shape index (κ3) is 3.66. The van der Waals surface area contributed by atoms with Crippen LogP contribution in [0.3, 0.4) is 0 Å². The molecule has 0 N–H and O–H groups in total. The van der Waals surface area contributed by atoms with Crippen LogP contribution in [0.15, 0.2) is 40.9 Å². The first kappa shape index (κ1) is 20.0. The molecule has 0 aliphatic carbocycles. The predicted molar refractivity (Wildman–Crippen MR) is 111 cm³/mol. The molecule has 1 saturated heterocycles. The van der Waals surface area contributed by atoms with Crippen LogP contribution in [0.1, 0.15) is 18.2 Å². The third-order valence-electron chi connectivity index (χ3n) is 4.99. The lowest BCUT2D eigenvalue weighted by Gasteiger charge is -2.19. The van der Waals surface area contributed by atoms with Crippen molar-refractivity contribution >= 4 is 23.2 Å². The van der Waals surface area contributed by atoms with Crippen LogP contribution < -0.4 is 19.1 Å². The average Bonchev–Trinajstić information content (AvgIpc) is 3.40. The molecule has 0 bridgehead atoms. The molecule has 3 aromatic rings. The molecule has 1 aromatic heterocycles. The number of benzene rings is 2. The molecular weight excluding hydrogens is 410 g/mol. The normalized spacial score (nSPS) is 16.1. The first-order valence-corrected chi connectivity index (χ1v) is 9.61. The summed E-state index contributed by atoms with van der Waals surface area (Å²) in [6.45, 7) is 0.392. The maximum Gasteiger partial charge on any atom is 0.232 e. The van der Waals surface area contributed by atoms with Crippen LogP contribution in [-0.2, 0) is 4.79 Å². The maximum absolute atomic E-state index is 12.7. The van der Waals surface area contributed by atoms with Crippen molar-refractivity contribution in [1.82, 2.24) is 10.1 Å². The summed E-state index contributed by atoms with van der Waals surface area (Å²) in [6.07, 6.45) is 0.253. The molecule has 9 heteroatoms. The third-order valence-corrected chi connectivity index (χ3v) is 5.22. The Kier molecular flexibility index (Phi) is 5.50. The summed E-state index contributed by atoms with van der Waals surface area (Å²) in [5.74, 6) is 2.27. The molecule has 1 fully saturated rings. The monoisotopic (exact) mass is 429 g/mol. The van der Waals surface area contributed by atoms with E-state index in [2.05, 4.69) is 10.1 Å². The van der Waals surface area contributed by atoms with Gasteiger partial charge in [-0.15, -0.1) is 0 Å². The number of carbonyl (C=O) groups is 1. The van der Waals surface area contributed by atoms with Crippen molar-refractivity contribution in [3.63, 3.8) is 0 Å². The summed E-state index contributed by atoms with van der Waals surface area (Å²) in [5, 5.41) is 4.60. The van der Waals surface area contributed by atoms with E-state index in [1.807, 2.05) is 6.07 Å². The van der Waals surface area contributed by atoms with Gasteiger partial charge in [-0.2, -0.15) is 4.98 Å². The molecule has 4 rings (SSSR count). The van der Waals surface area contributed by atoms with E-state index < -0.39 is 0 Å². The summed E-state index contributed by atoms with van der Waals surface area (Å²) in [5.41, 5.74) is 1.34. The van der Waals surface area contributed by atoms with E-state index in [0.29, 0.717) is 46.2 Å². The van der Waals surface area contributed by atoms with Crippen LogP contribution in [0.5, 0.6) is 17.2 Å². The fourth-order valence-electron chi connectivity index (χ4n) is 3.47. The number of carbonyl (C=O) groups excluding carboxylic acids is 1. The number of halogens is 1. The van der Waals surface area contributed by atoms with Gasteiger partial charge in [0.05, 0.1) is 32.9 Å². The second-order valence-corrected chi connectivity index (χ2v) is 7.18. The summed E-state index contributed by atoms with van der Waals surface area (Å²) in [6, 6.07) is 10.5. The van der Waals surface area contributed by atoms with E-state index in [1.54, 1.807) is 56.6 Å². The van der Waals surface area contributed by atoms with Gasteiger partial charge in [-0.25, -0.2) is 0 Å². The molecule has 1 aliphatic rings. The number of anilines is 1. The van der Waals surface area contributed by atoms with Crippen molar-refractivity contribution in [3.05, 3.63) is 47.3 Å². The molecule has 1 atom stereocenters. The van der Waals surface area contributed by atoms with Gasteiger partial charge in [-0.1, -0.05) is 16.8 Å². The first-order chi connectivity index (χ1) is 14.5. The number of aromatic nitrogens is 2. The van der Waals surface area contributed by atoms with E-state index in [0.717, 1.165) is 5.56 Å². The number of hydrogen-bond donors (Lipinski definition) is 0. The Morgan fingerprint density at radius 1 is 1.03 bits per heavy atom. The molecule has 0 spiro atoms. The lowest BCUT2D eigenvalue weighted by atomic mass is 10.1. The Hall–Kier alpha value is -3.26. The van der Waals surface area contributed by atoms with Gasteiger partial charge in [-0.3, -0.25) is 4.79 Å². The fraction of sp³-hybridized carbons (Fsp3) is 0.286. The van der Waals surface area contributed by atoms with E-state index in [9.17, 15) is 4.79 Å². The number of rotatable bonds is 6. The zero-order chi connectivity index (χ0) is 21.3. The topological polar surface area (TPSA) is 86.9 Å². The van der Waals surface area contributed by atoms with Crippen molar-refractivity contribution in [2.45, 2.75) is 12.3 Å². The molecule has 0 radical (unpaired) electrons. The van der Waals surface area contributed by atoms with Crippen molar-refractivity contribution < 1.29 is 23.5 Å². The molecule has 30 heavy (non-hydrogen) atoms. The standard InChI is InChI=1S/C21H20ClN3O5/c1-27-16-7-5-14(22)10-15(16)25-11-13(9-19(25)26)21-23-20(24-30-21)12-4-6-17(28-2)18(8-12)29-3/h4-8,10,13H,9,11H2,1-3H3/t13-/m1/s1.